The molecule has 0 spiro atoms. The number of carbonyl (C=O) groups is 3. The summed E-state index contributed by atoms with van der Waals surface area (Å²) < 4.78 is 1.59. The van der Waals surface area contributed by atoms with E-state index >= 15 is 0 Å². The summed E-state index contributed by atoms with van der Waals surface area (Å²) in [6, 6.07) is 1.01. The average Bonchev–Trinajstić information content (AvgIpc) is 2.80. The molecular weight excluding hydrogens is 264 g/mol. The zero-order valence-electron chi connectivity index (χ0n) is 11.4. The van der Waals surface area contributed by atoms with E-state index in [1.54, 1.807) is 24.0 Å². The molecule has 0 atom stereocenters. The van der Waals surface area contributed by atoms with Gasteiger partial charge in [0, 0.05) is 24.4 Å². The maximum atomic E-state index is 11.6. The number of amides is 3. The number of hydrogen-bond acceptors (Lipinski definition) is 4. The van der Waals surface area contributed by atoms with Crippen LogP contribution in [0.4, 0.5) is 4.79 Å². The summed E-state index contributed by atoms with van der Waals surface area (Å²) in [6.07, 6.45) is 1.73. The van der Waals surface area contributed by atoms with Crippen molar-refractivity contribution >= 4 is 17.9 Å². The fraction of sp³-hybridized carbons (Fsp3) is 0.333. The predicted octanol–water partition coefficient (Wildman–Crippen LogP) is 0.167. The summed E-state index contributed by atoms with van der Waals surface area (Å²) >= 11 is 0. The second-order valence-corrected chi connectivity index (χ2v) is 4.17. The molecule has 1 aromatic heterocycles. The van der Waals surface area contributed by atoms with Crippen molar-refractivity contribution in [2.75, 3.05) is 0 Å². The Kier molecular flexibility index (Phi) is 5.01. The van der Waals surface area contributed by atoms with E-state index in [0.717, 1.165) is 0 Å². The van der Waals surface area contributed by atoms with E-state index in [-0.39, 0.29) is 17.7 Å². The minimum atomic E-state index is -1.20. The number of carboxylic acids is 1. The third kappa shape index (κ3) is 4.23. The molecule has 8 nitrogen and oxygen atoms in total. The number of aliphatic carboxylic acids is 1. The molecule has 1 rings (SSSR count). The number of carboxylic acid groups (broad SMARTS) is 1. The highest BCUT2D eigenvalue weighted by Gasteiger charge is 2.15. The lowest BCUT2D eigenvalue weighted by molar-refractivity contribution is -0.133. The first kappa shape index (κ1) is 15.4. The molecular formula is C12H16N4O4. The van der Waals surface area contributed by atoms with Gasteiger partial charge in [0.1, 0.15) is 0 Å². The van der Waals surface area contributed by atoms with Gasteiger partial charge in [-0.3, -0.25) is 14.8 Å². The Morgan fingerprint density at radius 2 is 1.95 bits per heavy atom. The molecule has 0 aromatic carbocycles. The second-order valence-electron chi connectivity index (χ2n) is 4.17. The smallest absolute Gasteiger partial charge is 0.331 e. The van der Waals surface area contributed by atoms with Crippen molar-refractivity contribution in [3.8, 4) is 0 Å². The first-order valence-electron chi connectivity index (χ1n) is 5.79. The number of urea groups is 1. The van der Waals surface area contributed by atoms with Gasteiger partial charge in [-0.15, -0.1) is 0 Å². The van der Waals surface area contributed by atoms with Crippen LogP contribution in [0.15, 0.2) is 23.4 Å². The molecule has 1 aromatic rings. The van der Waals surface area contributed by atoms with Gasteiger partial charge in [0.25, 0.3) is 5.91 Å². The first-order valence-corrected chi connectivity index (χ1v) is 5.79. The highest BCUT2D eigenvalue weighted by molar-refractivity contribution is 6.07. The number of rotatable bonds is 4. The maximum Gasteiger partial charge on any atom is 0.331 e. The topological polar surface area (TPSA) is 113 Å². The largest absolute Gasteiger partial charge is 0.478 e. The number of imide groups is 1. The molecule has 0 radical (unpaired) electrons. The molecule has 3 amide bonds. The van der Waals surface area contributed by atoms with E-state index in [1.165, 1.54) is 13.8 Å². The van der Waals surface area contributed by atoms with Crippen LogP contribution in [0.25, 0.3) is 0 Å². The van der Waals surface area contributed by atoms with Gasteiger partial charge in [0.15, 0.2) is 0 Å². The molecule has 0 aliphatic rings. The number of aryl methyl sites for hydroxylation is 1. The average molecular weight is 280 g/mol. The summed E-state index contributed by atoms with van der Waals surface area (Å²) in [4.78, 5) is 33.8. The molecule has 1 heterocycles. The minimum absolute atomic E-state index is 0.0227. The van der Waals surface area contributed by atoms with Crippen LogP contribution in [0.2, 0.25) is 0 Å². The summed E-state index contributed by atoms with van der Waals surface area (Å²) in [5, 5.41) is 17.3. The molecule has 0 bridgehead atoms. The van der Waals surface area contributed by atoms with Gasteiger partial charge in [0.2, 0.25) is 0 Å². The molecule has 0 saturated carbocycles. The van der Waals surface area contributed by atoms with E-state index in [1.807, 2.05) is 5.32 Å². The molecule has 0 aliphatic carbocycles. The number of aromatic nitrogens is 2. The lowest BCUT2D eigenvalue weighted by Crippen LogP contribution is -2.39. The van der Waals surface area contributed by atoms with Crippen LogP contribution in [-0.4, -0.2) is 32.8 Å². The Morgan fingerprint density at radius 3 is 2.45 bits per heavy atom. The van der Waals surface area contributed by atoms with Gasteiger partial charge in [-0.05, 0) is 19.9 Å². The van der Waals surface area contributed by atoms with Crippen molar-refractivity contribution in [2.45, 2.75) is 20.4 Å². The van der Waals surface area contributed by atoms with Gasteiger partial charge < -0.3 is 10.4 Å². The van der Waals surface area contributed by atoms with Gasteiger partial charge in [-0.2, -0.15) is 5.10 Å². The van der Waals surface area contributed by atoms with Crippen LogP contribution in [0.3, 0.4) is 0 Å². The van der Waals surface area contributed by atoms with Gasteiger partial charge in [-0.1, -0.05) is 0 Å². The third-order valence-electron chi connectivity index (χ3n) is 2.65. The van der Waals surface area contributed by atoms with Crippen molar-refractivity contribution < 1.29 is 19.5 Å². The van der Waals surface area contributed by atoms with Crippen LogP contribution in [0.5, 0.6) is 0 Å². The zero-order valence-corrected chi connectivity index (χ0v) is 11.4. The Bertz CT molecular complexity index is 574. The van der Waals surface area contributed by atoms with Gasteiger partial charge in [-0.25, -0.2) is 9.59 Å². The summed E-state index contributed by atoms with van der Waals surface area (Å²) in [5.41, 5.74) is 0.509. The molecule has 8 heteroatoms. The lowest BCUT2D eigenvalue weighted by Gasteiger charge is -2.06. The Labute approximate surface area is 115 Å². The quantitative estimate of drug-likeness (QED) is 0.680. The van der Waals surface area contributed by atoms with Crippen molar-refractivity contribution in [3.63, 3.8) is 0 Å². The molecule has 0 aliphatic heterocycles. The van der Waals surface area contributed by atoms with Crippen LogP contribution in [0.1, 0.15) is 19.5 Å². The Hall–Kier alpha value is -2.64. The van der Waals surface area contributed by atoms with E-state index in [0.29, 0.717) is 5.69 Å². The van der Waals surface area contributed by atoms with Crippen molar-refractivity contribution in [3.05, 3.63) is 29.1 Å². The van der Waals surface area contributed by atoms with E-state index < -0.39 is 17.9 Å². The fourth-order valence-corrected chi connectivity index (χ4v) is 1.30. The highest BCUT2D eigenvalue weighted by Crippen LogP contribution is 2.03. The van der Waals surface area contributed by atoms with E-state index in [4.69, 9.17) is 5.11 Å². The van der Waals surface area contributed by atoms with Crippen molar-refractivity contribution in [2.24, 2.45) is 7.05 Å². The number of nitrogens with zero attached hydrogens (tertiary/aromatic N) is 2. The van der Waals surface area contributed by atoms with Crippen molar-refractivity contribution in [1.82, 2.24) is 20.4 Å². The fourth-order valence-electron chi connectivity index (χ4n) is 1.30. The Morgan fingerprint density at radius 1 is 1.30 bits per heavy atom. The molecule has 108 valence electrons. The first-order chi connectivity index (χ1) is 9.31. The molecule has 20 heavy (non-hydrogen) atoms. The third-order valence-corrected chi connectivity index (χ3v) is 2.65. The molecule has 0 unspecified atom stereocenters. The minimum Gasteiger partial charge on any atom is -0.478 e. The van der Waals surface area contributed by atoms with Crippen LogP contribution >= 0.6 is 0 Å². The standard InChI is InChI=1S/C12H16N4O4/c1-7(8(2)11(18)19)10(17)14-12(20)13-6-9-4-5-16(3)15-9/h4-5H,6H2,1-3H3,(H,18,19)(H2,13,14,17,20)/b8-7+. The summed E-state index contributed by atoms with van der Waals surface area (Å²) in [7, 11) is 1.75. The van der Waals surface area contributed by atoms with Gasteiger partial charge in [0.05, 0.1) is 12.2 Å². The highest BCUT2D eigenvalue weighted by atomic mass is 16.4. The number of nitrogens with one attached hydrogen (secondary N) is 2. The maximum absolute atomic E-state index is 11.6. The summed E-state index contributed by atoms with van der Waals surface area (Å²) in [5.74, 6) is -1.95. The molecule has 3 N–H and O–H groups in total. The zero-order chi connectivity index (χ0) is 15.3. The number of carbonyl (C=O) groups excluding carboxylic acids is 2. The van der Waals surface area contributed by atoms with Crippen LogP contribution < -0.4 is 10.6 Å². The summed E-state index contributed by atoms with van der Waals surface area (Å²) in [6.45, 7) is 2.80. The Balaban J connectivity index is 2.52. The number of hydrogen-bond donors (Lipinski definition) is 3. The van der Waals surface area contributed by atoms with E-state index in [2.05, 4.69) is 10.4 Å². The SMILES string of the molecule is C/C(C(=O)O)=C(/C)C(=O)NC(=O)NCc1ccn(C)n1. The molecule has 0 saturated heterocycles. The molecule has 0 fully saturated rings. The van der Waals surface area contributed by atoms with E-state index in [9.17, 15) is 14.4 Å². The lowest BCUT2D eigenvalue weighted by atomic mass is 10.1. The van der Waals surface area contributed by atoms with Crippen molar-refractivity contribution in [1.29, 1.82) is 0 Å². The van der Waals surface area contributed by atoms with Gasteiger partial charge >= 0.3 is 12.0 Å². The second kappa shape index (κ2) is 6.50. The normalized spacial score (nSPS) is 11.6. The van der Waals surface area contributed by atoms with Crippen LogP contribution in [0, 0.1) is 0 Å². The monoisotopic (exact) mass is 280 g/mol. The predicted molar refractivity (Wildman–Crippen MR) is 69.6 cm³/mol. The van der Waals surface area contributed by atoms with Crippen LogP contribution in [-0.2, 0) is 23.2 Å².